The normalized spacial score (nSPS) is 23.5. The zero-order valence-electron chi connectivity index (χ0n) is 8.15. The van der Waals surface area contributed by atoms with Gasteiger partial charge in [0, 0.05) is 5.02 Å². The maximum atomic E-state index is 5.79. The van der Waals surface area contributed by atoms with Gasteiger partial charge in [-0.1, -0.05) is 29.7 Å². The van der Waals surface area contributed by atoms with Crippen molar-refractivity contribution in [1.82, 2.24) is 0 Å². The molecular formula is C12H11ClO2. The molecule has 0 radical (unpaired) electrons. The van der Waals surface area contributed by atoms with Gasteiger partial charge in [0.2, 0.25) is 0 Å². The predicted molar refractivity (Wildman–Crippen MR) is 58.7 cm³/mol. The van der Waals surface area contributed by atoms with Crippen LogP contribution < -0.4 is 0 Å². The van der Waals surface area contributed by atoms with E-state index in [1.165, 1.54) is 0 Å². The van der Waals surface area contributed by atoms with Gasteiger partial charge in [-0.25, -0.2) is 0 Å². The number of rotatable bonds is 4. The van der Waals surface area contributed by atoms with Crippen molar-refractivity contribution in [2.75, 3.05) is 13.2 Å². The lowest BCUT2D eigenvalue weighted by Gasteiger charge is -1.97. The lowest BCUT2D eigenvalue weighted by atomic mass is 10.1. The van der Waals surface area contributed by atoms with Gasteiger partial charge in [-0.2, -0.15) is 0 Å². The summed E-state index contributed by atoms with van der Waals surface area (Å²) >= 11 is 5.79. The van der Waals surface area contributed by atoms with Crippen LogP contribution in [0.15, 0.2) is 24.3 Å². The average Bonchev–Trinajstić information content (AvgIpc) is 2.99. The van der Waals surface area contributed by atoms with Crippen molar-refractivity contribution >= 4 is 11.6 Å². The van der Waals surface area contributed by atoms with Crippen LogP contribution in [0.2, 0.25) is 5.02 Å². The van der Waals surface area contributed by atoms with E-state index in [1.54, 1.807) is 0 Å². The molecule has 1 saturated heterocycles. The van der Waals surface area contributed by atoms with Crippen molar-refractivity contribution < 1.29 is 9.47 Å². The van der Waals surface area contributed by atoms with Crippen LogP contribution >= 0.6 is 11.6 Å². The van der Waals surface area contributed by atoms with E-state index in [0.29, 0.717) is 13.2 Å². The van der Waals surface area contributed by atoms with Crippen molar-refractivity contribution in [1.29, 1.82) is 0 Å². The van der Waals surface area contributed by atoms with E-state index in [2.05, 4.69) is 5.92 Å². The van der Waals surface area contributed by atoms with E-state index in [9.17, 15) is 0 Å². The third kappa shape index (κ3) is 2.73. The Morgan fingerprint density at radius 2 is 2.13 bits per heavy atom. The molecule has 3 heteroatoms. The molecule has 1 fully saturated rings. The van der Waals surface area contributed by atoms with E-state index in [-0.39, 0.29) is 12.2 Å². The van der Waals surface area contributed by atoms with Crippen molar-refractivity contribution in [3.63, 3.8) is 0 Å². The summed E-state index contributed by atoms with van der Waals surface area (Å²) in [5.41, 5.74) is 1.13. The lowest BCUT2D eigenvalue weighted by Crippen LogP contribution is -2.02. The molecule has 1 aromatic carbocycles. The lowest BCUT2D eigenvalue weighted by molar-refractivity contribution is 0.145. The molecule has 0 bridgehead atoms. The largest absolute Gasteiger partial charge is 0.366 e. The minimum Gasteiger partial charge on any atom is -0.366 e. The highest BCUT2D eigenvalue weighted by molar-refractivity contribution is 6.30. The summed E-state index contributed by atoms with van der Waals surface area (Å²) < 4.78 is 10.6. The number of ether oxygens (including phenoxy) is 2. The molecule has 0 amide bonds. The molecule has 0 spiro atoms. The van der Waals surface area contributed by atoms with Gasteiger partial charge in [0.15, 0.2) is 0 Å². The van der Waals surface area contributed by atoms with E-state index in [0.717, 1.165) is 10.6 Å². The molecule has 2 rings (SSSR count). The fourth-order valence-corrected chi connectivity index (χ4v) is 1.58. The Morgan fingerprint density at radius 1 is 1.40 bits per heavy atom. The second-order valence-corrected chi connectivity index (χ2v) is 3.80. The molecule has 2 atom stereocenters. The maximum Gasteiger partial charge on any atom is 0.112 e. The zero-order chi connectivity index (χ0) is 10.7. The van der Waals surface area contributed by atoms with Gasteiger partial charge in [0.1, 0.15) is 18.8 Å². The summed E-state index contributed by atoms with van der Waals surface area (Å²) in [6.07, 6.45) is 5.34. The van der Waals surface area contributed by atoms with Crippen LogP contribution in [0.5, 0.6) is 0 Å². The van der Waals surface area contributed by atoms with E-state index in [1.807, 2.05) is 24.3 Å². The van der Waals surface area contributed by atoms with Crippen LogP contribution in [0.1, 0.15) is 11.7 Å². The topological polar surface area (TPSA) is 21.8 Å². The first kappa shape index (κ1) is 10.5. The van der Waals surface area contributed by atoms with Gasteiger partial charge >= 0.3 is 0 Å². The van der Waals surface area contributed by atoms with Gasteiger partial charge in [0.25, 0.3) is 0 Å². The Kier molecular flexibility index (Phi) is 3.27. The van der Waals surface area contributed by atoms with Crippen LogP contribution in [-0.2, 0) is 9.47 Å². The first-order valence-electron chi connectivity index (χ1n) is 4.73. The Hall–Kier alpha value is -1.01. The minimum absolute atomic E-state index is 0.138. The SMILES string of the molecule is C#CCOC[C@@H]1O[C@@H]1c1ccc(Cl)cc1. The smallest absolute Gasteiger partial charge is 0.112 e. The summed E-state index contributed by atoms with van der Waals surface area (Å²) in [4.78, 5) is 0. The minimum atomic E-state index is 0.138. The molecule has 0 aromatic heterocycles. The maximum absolute atomic E-state index is 5.79. The average molecular weight is 223 g/mol. The van der Waals surface area contributed by atoms with Crippen molar-refractivity contribution in [3.05, 3.63) is 34.9 Å². The van der Waals surface area contributed by atoms with Crippen LogP contribution in [0.25, 0.3) is 0 Å². The van der Waals surface area contributed by atoms with Crippen LogP contribution in [0.3, 0.4) is 0 Å². The molecule has 0 unspecified atom stereocenters. The standard InChI is InChI=1S/C12H11ClO2/c1-2-7-14-8-11-12(15-11)9-3-5-10(13)6-4-9/h1,3-6,11-12H,7-8H2/t11-,12+/m0/s1. The molecule has 1 aliphatic heterocycles. The van der Waals surface area contributed by atoms with Crippen LogP contribution in [0, 0.1) is 12.3 Å². The van der Waals surface area contributed by atoms with Crippen molar-refractivity contribution in [2.24, 2.45) is 0 Å². The van der Waals surface area contributed by atoms with E-state index in [4.69, 9.17) is 27.5 Å². The highest BCUT2D eigenvalue weighted by atomic mass is 35.5. The fourth-order valence-electron chi connectivity index (χ4n) is 1.45. The van der Waals surface area contributed by atoms with Crippen molar-refractivity contribution in [3.8, 4) is 12.3 Å². The molecule has 1 aliphatic rings. The van der Waals surface area contributed by atoms with Gasteiger partial charge < -0.3 is 9.47 Å². The van der Waals surface area contributed by atoms with E-state index < -0.39 is 0 Å². The number of terminal acetylenes is 1. The van der Waals surface area contributed by atoms with Gasteiger partial charge in [-0.3, -0.25) is 0 Å². The molecule has 1 heterocycles. The number of halogens is 1. The summed E-state index contributed by atoms with van der Waals surface area (Å²) in [5.74, 6) is 2.42. The molecule has 15 heavy (non-hydrogen) atoms. The Labute approximate surface area is 94.1 Å². The first-order valence-corrected chi connectivity index (χ1v) is 5.11. The highest BCUT2D eigenvalue weighted by Gasteiger charge is 2.40. The second kappa shape index (κ2) is 4.67. The Bertz CT molecular complexity index is 366. The van der Waals surface area contributed by atoms with E-state index >= 15 is 0 Å². The molecule has 1 aromatic rings. The van der Waals surface area contributed by atoms with Crippen LogP contribution in [0.4, 0.5) is 0 Å². The number of benzene rings is 1. The van der Waals surface area contributed by atoms with Crippen molar-refractivity contribution in [2.45, 2.75) is 12.2 Å². The molecule has 0 aliphatic carbocycles. The second-order valence-electron chi connectivity index (χ2n) is 3.37. The molecular weight excluding hydrogens is 212 g/mol. The zero-order valence-corrected chi connectivity index (χ0v) is 8.91. The monoisotopic (exact) mass is 222 g/mol. The van der Waals surface area contributed by atoms with Gasteiger partial charge in [0.05, 0.1) is 6.61 Å². The van der Waals surface area contributed by atoms with Gasteiger partial charge in [-0.15, -0.1) is 6.42 Å². The number of hydrogen-bond acceptors (Lipinski definition) is 2. The summed E-state index contributed by atoms with van der Waals surface area (Å²) in [6, 6.07) is 7.65. The Balaban J connectivity index is 1.83. The summed E-state index contributed by atoms with van der Waals surface area (Å²) in [7, 11) is 0. The molecule has 78 valence electrons. The first-order chi connectivity index (χ1) is 7.31. The molecule has 2 nitrogen and oxygen atoms in total. The quantitative estimate of drug-likeness (QED) is 0.443. The molecule has 0 saturated carbocycles. The highest BCUT2D eigenvalue weighted by Crippen LogP contribution is 2.38. The summed E-state index contributed by atoms with van der Waals surface area (Å²) in [5, 5.41) is 0.736. The van der Waals surface area contributed by atoms with Crippen LogP contribution in [-0.4, -0.2) is 19.3 Å². The predicted octanol–water partition coefficient (Wildman–Crippen LogP) is 2.43. The van der Waals surface area contributed by atoms with Gasteiger partial charge in [-0.05, 0) is 17.7 Å². The number of epoxide rings is 1. The molecule has 0 N–H and O–H groups in total. The number of hydrogen-bond donors (Lipinski definition) is 0. The fraction of sp³-hybridized carbons (Fsp3) is 0.333. The Morgan fingerprint density at radius 3 is 2.80 bits per heavy atom. The third-order valence-corrected chi connectivity index (χ3v) is 2.50. The summed E-state index contributed by atoms with van der Waals surface area (Å²) in [6.45, 7) is 0.894. The third-order valence-electron chi connectivity index (χ3n) is 2.25.